The second-order valence-corrected chi connectivity index (χ2v) is 9.13. The number of fused-ring (bicyclic) bond motifs is 1. The number of amides is 2. The molecule has 0 bridgehead atoms. The van der Waals surface area contributed by atoms with Crippen LogP contribution in [0.1, 0.15) is 55.2 Å². The molecule has 5 heteroatoms. The van der Waals surface area contributed by atoms with Gasteiger partial charge in [-0.15, -0.1) is 0 Å². The van der Waals surface area contributed by atoms with Crippen LogP contribution in [0.5, 0.6) is 0 Å². The highest BCUT2D eigenvalue weighted by Crippen LogP contribution is 2.28. The van der Waals surface area contributed by atoms with Crippen molar-refractivity contribution in [2.24, 2.45) is 5.92 Å². The van der Waals surface area contributed by atoms with Crippen LogP contribution in [0, 0.1) is 19.8 Å². The molecule has 0 radical (unpaired) electrons. The standard InChI is InChI=1S/C27H33N3O2/c1-18-8-7-9-19(2)26(18)30-27(32)24(29-25(31)15-14-20-10-3-4-11-20)16-21-17-28-23-13-6-5-12-22(21)23/h5-9,12-13,17,20,24,28H,3-4,10-11,14-16H2,1-2H3,(H,29,31)(H,30,32). The Labute approximate surface area is 190 Å². The smallest absolute Gasteiger partial charge is 0.247 e. The van der Waals surface area contributed by atoms with E-state index in [9.17, 15) is 9.59 Å². The maximum atomic E-state index is 13.3. The molecule has 1 saturated carbocycles. The zero-order valence-corrected chi connectivity index (χ0v) is 19.0. The number of rotatable bonds is 8. The van der Waals surface area contributed by atoms with Crippen LogP contribution in [0.4, 0.5) is 5.69 Å². The van der Waals surface area contributed by atoms with Crippen LogP contribution in [0.25, 0.3) is 10.9 Å². The summed E-state index contributed by atoms with van der Waals surface area (Å²) in [5.41, 5.74) is 4.90. The predicted molar refractivity (Wildman–Crippen MR) is 130 cm³/mol. The van der Waals surface area contributed by atoms with Crippen molar-refractivity contribution < 1.29 is 9.59 Å². The molecule has 32 heavy (non-hydrogen) atoms. The Balaban J connectivity index is 1.51. The highest BCUT2D eigenvalue weighted by Gasteiger charge is 2.24. The van der Waals surface area contributed by atoms with Gasteiger partial charge in [-0.2, -0.15) is 0 Å². The van der Waals surface area contributed by atoms with Crippen LogP contribution in [0.3, 0.4) is 0 Å². The lowest BCUT2D eigenvalue weighted by molar-refractivity contribution is -0.126. The molecule has 1 aromatic heterocycles. The summed E-state index contributed by atoms with van der Waals surface area (Å²) in [6.45, 7) is 3.97. The number of benzene rings is 2. The van der Waals surface area contributed by atoms with Crippen molar-refractivity contribution in [1.82, 2.24) is 10.3 Å². The number of hydrogen-bond acceptors (Lipinski definition) is 2. The first-order valence-electron chi connectivity index (χ1n) is 11.7. The maximum absolute atomic E-state index is 13.3. The van der Waals surface area contributed by atoms with E-state index in [-0.39, 0.29) is 11.8 Å². The molecular formula is C27H33N3O2. The molecule has 0 aliphatic heterocycles. The lowest BCUT2D eigenvalue weighted by Crippen LogP contribution is -2.45. The average molecular weight is 432 g/mol. The van der Waals surface area contributed by atoms with Gasteiger partial charge in [0, 0.05) is 35.6 Å². The number of carbonyl (C=O) groups is 2. The Morgan fingerprint density at radius 3 is 2.50 bits per heavy atom. The number of aromatic amines is 1. The lowest BCUT2D eigenvalue weighted by Gasteiger charge is -2.20. The molecule has 3 aromatic rings. The van der Waals surface area contributed by atoms with E-state index in [1.54, 1.807) is 0 Å². The quantitative estimate of drug-likeness (QED) is 0.445. The van der Waals surface area contributed by atoms with Crippen molar-refractivity contribution in [3.8, 4) is 0 Å². The number of nitrogens with one attached hydrogen (secondary N) is 3. The normalized spacial score (nSPS) is 15.1. The molecule has 1 aliphatic carbocycles. The van der Waals surface area contributed by atoms with Crippen LogP contribution in [0.15, 0.2) is 48.7 Å². The molecule has 168 valence electrons. The second-order valence-electron chi connectivity index (χ2n) is 9.13. The van der Waals surface area contributed by atoms with E-state index in [2.05, 4.69) is 15.6 Å². The summed E-state index contributed by atoms with van der Waals surface area (Å²) in [4.78, 5) is 29.4. The molecule has 2 aromatic carbocycles. The van der Waals surface area contributed by atoms with Gasteiger partial charge in [0.05, 0.1) is 0 Å². The summed E-state index contributed by atoms with van der Waals surface area (Å²) in [5, 5.41) is 7.20. The van der Waals surface area contributed by atoms with E-state index < -0.39 is 6.04 Å². The zero-order valence-electron chi connectivity index (χ0n) is 19.0. The third kappa shape index (κ3) is 5.21. The van der Waals surface area contributed by atoms with Crippen LogP contribution in [-0.4, -0.2) is 22.8 Å². The Morgan fingerprint density at radius 1 is 1.03 bits per heavy atom. The highest BCUT2D eigenvalue weighted by molar-refractivity contribution is 5.99. The number of aryl methyl sites for hydroxylation is 2. The summed E-state index contributed by atoms with van der Waals surface area (Å²) >= 11 is 0. The van der Waals surface area contributed by atoms with Gasteiger partial charge in [0.25, 0.3) is 0 Å². The molecule has 2 amide bonds. The molecule has 1 heterocycles. The first-order chi connectivity index (χ1) is 15.5. The van der Waals surface area contributed by atoms with Gasteiger partial charge in [-0.1, -0.05) is 62.1 Å². The number of para-hydroxylation sites is 2. The van der Waals surface area contributed by atoms with E-state index >= 15 is 0 Å². The van der Waals surface area contributed by atoms with Crippen LogP contribution < -0.4 is 10.6 Å². The summed E-state index contributed by atoms with van der Waals surface area (Å²) in [6.07, 6.45) is 8.75. The third-order valence-corrected chi connectivity index (χ3v) is 6.73. The molecule has 1 atom stereocenters. The predicted octanol–water partition coefficient (Wildman–Crippen LogP) is 5.42. The van der Waals surface area contributed by atoms with Crippen LogP contribution in [0.2, 0.25) is 0 Å². The molecule has 4 rings (SSSR count). The Kier molecular flexibility index (Phi) is 6.93. The molecule has 0 spiro atoms. The van der Waals surface area contributed by atoms with Gasteiger partial charge in [0.2, 0.25) is 11.8 Å². The molecular weight excluding hydrogens is 398 g/mol. The van der Waals surface area contributed by atoms with Gasteiger partial charge in [-0.3, -0.25) is 9.59 Å². The van der Waals surface area contributed by atoms with Gasteiger partial charge in [-0.25, -0.2) is 0 Å². The summed E-state index contributed by atoms with van der Waals surface area (Å²) in [7, 11) is 0. The summed E-state index contributed by atoms with van der Waals surface area (Å²) in [6, 6.07) is 13.4. The number of hydrogen-bond donors (Lipinski definition) is 3. The van der Waals surface area contributed by atoms with Crippen molar-refractivity contribution in [2.75, 3.05) is 5.32 Å². The largest absolute Gasteiger partial charge is 0.361 e. The minimum absolute atomic E-state index is 0.0432. The van der Waals surface area contributed by atoms with E-state index in [0.29, 0.717) is 18.8 Å². The second kappa shape index (κ2) is 10.0. The van der Waals surface area contributed by atoms with Crippen LogP contribution >= 0.6 is 0 Å². The lowest BCUT2D eigenvalue weighted by atomic mass is 10.0. The molecule has 0 saturated heterocycles. The fourth-order valence-electron chi connectivity index (χ4n) is 4.85. The minimum atomic E-state index is -0.635. The maximum Gasteiger partial charge on any atom is 0.247 e. The molecule has 1 unspecified atom stereocenters. The number of anilines is 1. The Hall–Kier alpha value is -3.08. The van der Waals surface area contributed by atoms with Gasteiger partial charge in [0.1, 0.15) is 6.04 Å². The fraction of sp³-hybridized carbons (Fsp3) is 0.407. The van der Waals surface area contributed by atoms with Gasteiger partial charge >= 0.3 is 0 Å². The van der Waals surface area contributed by atoms with E-state index in [0.717, 1.165) is 39.7 Å². The first-order valence-corrected chi connectivity index (χ1v) is 11.7. The fourth-order valence-corrected chi connectivity index (χ4v) is 4.85. The Bertz CT molecular complexity index is 1070. The highest BCUT2D eigenvalue weighted by atomic mass is 16.2. The van der Waals surface area contributed by atoms with Crippen molar-refractivity contribution in [2.45, 2.75) is 64.8 Å². The number of H-pyrrole nitrogens is 1. The zero-order chi connectivity index (χ0) is 22.5. The van der Waals surface area contributed by atoms with E-state index in [1.807, 2.05) is 62.5 Å². The first kappa shape index (κ1) is 22.1. The molecule has 1 aliphatic rings. The van der Waals surface area contributed by atoms with E-state index in [4.69, 9.17) is 0 Å². The average Bonchev–Trinajstić information content (AvgIpc) is 3.45. The SMILES string of the molecule is Cc1cccc(C)c1NC(=O)C(Cc1c[nH]c2ccccc12)NC(=O)CCC1CCCC1. The summed E-state index contributed by atoms with van der Waals surface area (Å²) in [5.74, 6) is 0.427. The molecule has 3 N–H and O–H groups in total. The minimum Gasteiger partial charge on any atom is -0.361 e. The topological polar surface area (TPSA) is 74.0 Å². The molecule has 5 nitrogen and oxygen atoms in total. The van der Waals surface area contributed by atoms with Gasteiger partial charge in [-0.05, 0) is 48.9 Å². The van der Waals surface area contributed by atoms with Crippen molar-refractivity contribution >= 4 is 28.4 Å². The number of carbonyl (C=O) groups excluding carboxylic acids is 2. The monoisotopic (exact) mass is 431 g/mol. The van der Waals surface area contributed by atoms with Gasteiger partial charge < -0.3 is 15.6 Å². The van der Waals surface area contributed by atoms with Gasteiger partial charge in [0.15, 0.2) is 0 Å². The number of aromatic nitrogens is 1. The molecule has 1 fully saturated rings. The van der Waals surface area contributed by atoms with Crippen molar-refractivity contribution in [3.63, 3.8) is 0 Å². The Morgan fingerprint density at radius 2 is 1.75 bits per heavy atom. The van der Waals surface area contributed by atoms with Crippen molar-refractivity contribution in [1.29, 1.82) is 0 Å². The third-order valence-electron chi connectivity index (χ3n) is 6.73. The summed E-state index contributed by atoms with van der Waals surface area (Å²) < 4.78 is 0. The van der Waals surface area contributed by atoms with E-state index in [1.165, 1.54) is 25.7 Å². The van der Waals surface area contributed by atoms with Crippen LogP contribution in [-0.2, 0) is 16.0 Å². The van der Waals surface area contributed by atoms with Crippen molar-refractivity contribution in [3.05, 3.63) is 65.4 Å².